The zero-order chi connectivity index (χ0) is 28.4. The molecule has 0 fully saturated rings. The molecule has 0 atom stereocenters. The Morgan fingerprint density at radius 3 is 2.44 bits per heavy atom. The van der Waals surface area contributed by atoms with Gasteiger partial charge >= 0.3 is 5.97 Å². The molecule has 0 unspecified atom stereocenters. The Kier molecular flexibility index (Phi) is 8.82. The minimum atomic E-state index is -0.207. The second-order valence-electron chi connectivity index (χ2n) is 9.32. The van der Waals surface area contributed by atoms with Crippen LogP contribution >= 0.6 is 0 Å². The van der Waals surface area contributed by atoms with Gasteiger partial charge in [-0.1, -0.05) is 66.7 Å². The Balaban J connectivity index is 1.38. The van der Waals surface area contributed by atoms with E-state index in [0.717, 1.165) is 38.9 Å². The second-order valence-corrected chi connectivity index (χ2v) is 9.32. The Bertz CT molecular complexity index is 1700. The molecule has 0 bridgehead atoms. The number of carbonyl (C=O) groups is 1. The first-order valence-electron chi connectivity index (χ1n) is 13.5. The summed E-state index contributed by atoms with van der Waals surface area (Å²) in [6.45, 7) is 2.84. The fourth-order valence-corrected chi connectivity index (χ4v) is 4.38. The van der Waals surface area contributed by atoms with Gasteiger partial charge in [0.1, 0.15) is 12.4 Å². The Labute approximate surface area is 239 Å². The summed E-state index contributed by atoms with van der Waals surface area (Å²) in [5.74, 6) is 1.50. The summed E-state index contributed by atoms with van der Waals surface area (Å²) in [6, 6.07) is 33.2. The summed E-state index contributed by atoms with van der Waals surface area (Å²) in [7, 11) is 0. The monoisotopic (exact) mass is 543 g/mol. The lowest BCUT2D eigenvalue weighted by Gasteiger charge is -2.12. The number of benzene rings is 4. The SMILES string of the molecule is CCOC(=O)CCCOc1ccc2cc(-c3nc(OCc4ccccc4C#N)cc(-c4ccccc4)n3)ccc2c1. The smallest absolute Gasteiger partial charge is 0.305 e. The fraction of sp³-hybridized carbons (Fsp3) is 0.176. The van der Waals surface area contributed by atoms with Gasteiger partial charge in [0.25, 0.3) is 0 Å². The minimum Gasteiger partial charge on any atom is -0.494 e. The summed E-state index contributed by atoms with van der Waals surface area (Å²) < 4.78 is 16.9. The summed E-state index contributed by atoms with van der Waals surface area (Å²) in [4.78, 5) is 21.1. The third kappa shape index (κ3) is 7.06. The van der Waals surface area contributed by atoms with E-state index in [0.29, 0.717) is 43.3 Å². The van der Waals surface area contributed by atoms with Crippen LogP contribution in [0.5, 0.6) is 11.6 Å². The molecule has 0 amide bonds. The predicted molar refractivity (Wildman–Crippen MR) is 157 cm³/mol. The van der Waals surface area contributed by atoms with Crippen molar-refractivity contribution in [1.82, 2.24) is 9.97 Å². The molecule has 204 valence electrons. The van der Waals surface area contributed by atoms with Crippen molar-refractivity contribution in [3.05, 3.63) is 108 Å². The first-order valence-corrected chi connectivity index (χ1v) is 13.5. The van der Waals surface area contributed by atoms with Crippen molar-refractivity contribution in [2.75, 3.05) is 13.2 Å². The minimum absolute atomic E-state index is 0.207. The van der Waals surface area contributed by atoms with Gasteiger partial charge in [-0.2, -0.15) is 10.2 Å². The number of esters is 1. The van der Waals surface area contributed by atoms with Crippen LogP contribution in [-0.4, -0.2) is 29.2 Å². The number of ether oxygens (including phenoxy) is 3. The number of rotatable bonds is 11. The molecule has 7 heteroatoms. The van der Waals surface area contributed by atoms with Gasteiger partial charge < -0.3 is 14.2 Å². The van der Waals surface area contributed by atoms with E-state index >= 15 is 0 Å². The van der Waals surface area contributed by atoms with Gasteiger partial charge in [-0.25, -0.2) is 4.98 Å². The standard InChI is InChI=1S/C34H29N3O4/c1-2-39-33(38)13-8-18-40-30-17-16-25-19-27(15-14-26(25)20-30)34-36-31(24-9-4-3-5-10-24)21-32(37-34)41-23-29-12-7-6-11-28(29)22-35/h3-7,9-12,14-17,19-21H,2,8,13,18,23H2,1H3. The van der Waals surface area contributed by atoms with Gasteiger partial charge in [-0.3, -0.25) is 4.79 Å². The van der Waals surface area contributed by atoms with E-state index in [-0.39, 0.29) is 12.6 Å². The van der Waals surface area contributed by atoms with E-state index < -0.39 is 0 Å². The number of hydrogen-bond acceptors (Lipinski definition) is 7. The predicted octanol–water partition coefficient (Wildman–Crippen LogP) is 7.14. The van der Waals surface area contributed by atoms with Gasteiger partial charge in [0.15, 0.2) is 5.82 Å². The first kappa shape index (κ1) is 27.4. The molecule has 4 aromatic carbocycles. The Hall–Kier alpha value is -5.22. The number of aromatic nitrogens is 2. The van der Waals surface area contributed by atoms with Crippen LogP contribution in [0.25, 0.3) is 33.4 Å². The molecule has 0 saturated heterocycles. The van der Waals surface area contributed by atoms with Crippen LogP contribution in [0.4, 0.5) is 0 Å². The highest BCUT2D eigenvalue weighted by molar-refractivity contribution is 5.87. The molecule has 1 aromatic heterocycles. The van der Waals surface area contributed by atoms with Gasteiger partial charge in [-0.15, -0.1) is 0 Å². The molecule has 0 aliphatic heterocycles. The van der Waals surface area contributed by atoms with Gasteiger partial charge in [0, 0.05) is 29.2 Å². The van der Waals surface area contributed by atoms with Crippen molar-refractivity contribution in [3.8, 4) is 40.3 Å². The quantitative estimate of drug-likeness (QED) is 0.129. The highest BCUT2D eigenvalue weighted by atomic mass is 16.5. The number of carbonyl (C=O) groups excluding carboxylic acids is 1. The summed E-state index contributed by atoms with van der Waals surface area (Å²) in [5, 5.41) is 11.5. The molecular formula is C34H29N3O4. The van der Waals surface area contributed by atoms with Crippen LogP contribution in [-0.2, 0) is 16.1 Å². The van der Waals surface area contributed by atoms with Crippen LogP contribution in [0.1, 0.15) is 30.9 Å². The Morgan fingerprint density at radius 2 is 1.61 bits per heavy atom. The fourth-order valence-electron chi connectivity index (χ4n) is 4.38. The molecule has 41 heavy (non-hydrogen) atoms. The topological polar surface area (TPSA) is 94.3 Å². The highest BCUT2D eigenvalue weighted by Crippen LogP contribution is 2.29. The highest BCUT2D eigenvalue weighted by Gasteiger charge is 2.12. The third-order valence-corrected chi connectivity index (χ3v) is 6.45. The number of hydrogen-bond donors (Lipinski definition) is 0. The van der Waals surface area contributed by atoms with Gasteiger partial charge in [0.2, 0.25) is 5.88 Å². The van der Waals surface area contributed by atoms with Crippen molar-refractivity contribution in [2.24, 2.45) is 0 Å². The average Bonchev–Trinajstić information content (AvgIpc) is 3.02. The average molecular weight is 544 g/mol. The van der Waals surface area contributed by atoms with Crippen molar-refractivity contribution >= 4 is 16.7 Å². The summed E-state index contributed by atoms with van der Waals surface area (Å²) >= 11 is 0. The first-order chi connectivity index (χ1) is 20.1. The Morgan fingerprint density at radius 1 is 0.829 bits per heavy atom. The third-order valence-electron chi connectivity index (χ3n) is 6.45. The molecule has 0 aliphatic carbocycles. The van der Waals surface area contributed by atoms with Crippen molar-refractivity contribution in [2.45, 2.75) is 26.4 Å². The molecule has 0 radical (unpaired) electrons. The summed E-state index contributed by atoms with van der Waals surface area (Å²) in [6.07, 6.45) is 0.931. The van der Waals surface area contributed by atoms with Crippen LogP contribution in [0.2, 0.25) is 0 Å². The molecule has 0 saturated carbocycles. The van der Waals surface area contributed by atoms with Crippen LogP contribution in [0.15, 0.2) is 97.1 Å². The van der Waals surface area contributed by atoms with Crippen LogP contribution < -0.4 is 9.47 Å². The van der Waals surface area contributed by atoms with Crippen molar-refractivity contribution < 1.29 is 19.0 Å². The van der Waals surface area contributed by atoms with Gasteiger partial charge in [-0.05, 0) is 48.4 Å². The second kappa shape index (κ2) is 13.2. The maximum atomic E-state index is 11.5. The lowest BCUT2D eigenvalue weighted by molar-refractivity contribution is -0.143. The van der Waals surface area contributed by atoms with E-state index in [4.69, 9.17) is 24.2 Å². The van der Waals surface area contributed by atoms with Crippen LogP contribution in [0, 0.1) is 11.3 Å². The summed E-state index contributed by atoms with van der Waals surface area (Å²) in [5.41, 5.74) is 3.90. The zero-order valence-electron chi connectivity index (χ0n) is 22.7. The normalized spacial score (nSPS) is 10.6. The van der Waals surface area contributed by atoms with E-state index in [9.17, 15) is 10.1 Å². The van der Waals surface area contributed by atoms with E-state index in [1.165, 1.54) is 0 Å². The van der Waals surface area contributed by atoms with E-state index in [2.05, 4.69) is 6.07 Å². The lowest BCUT2D eigenvalue weighted by atomic mass is 10.1. The molecular weight excluding hydrogens is 514 g/mol. The molecule has 0 spiro atoms. The molecule has 5 aromatic rings. The van der Waals surface area contributed by atoms with Crippen molar-refractivity contribution in [3.63, 3.8) is 0 Å². The maximum absolute atomic E-state index is 11.5. The number of nitrogens with zero attached hydrogens (tertiary/aromatic N) is 3. The number of nitriles is 1. The maximum Gasteiger partial charge on any atom is 0.305 e. The van der Waals surface area contributed by atoms with Crippen molar-refractivity contribution in [1.29, 1.82) is 5.26 Å². The lowest BCUT2D eigenvalue weighted by Crippen LogP contribution is -2.06. The molecule has 0 aliphatic rings. The number of fused-ring (bicyclic) bond motifs is 1. The zero-order valence-corrected chi connectivity index (χ0v) is 22.7. The molecule has 0 N–H and O–H groups in total. The van der Waals surface area contributed by atoms with E-state index in [1.54, 1.807) is 13.0 Å². The van der Waals surface area contributed by atoms with E-state index in [1.807, 2.05) is 91.0 Å². The molecule has 7 nitrogen and oxygen atoms in total. The largest absolute Gasteiger partial charge is 0.494 e. The van der Waals surface area contributed by atoms with Crippen LogP contribution in [0.3, 0.4) is 0 Å². The van der Waals surface area contributed by atoms with Gasteiger partial charge in [0.05, 0.1) is 30.5 Å². The molecule has 1 heterocycles. The molecule has 5 rings (SSSR count).